The molecule has 0 bridgehead atoms. The minimum atomic E-state index is 0.164. The molecule has 2 unspecified atom stereocenters. The van der Waals surface area contributed by atoms with E-state index in [-0.39, 0.29) is 11.9 Å². The van der Waals surface area contributed by atoms with Gasteiger partial charge in [-0.15, -0.1) is 0 Å². The molecule has 0 saturated carbocycles. The fraction of sp³-hybridized carbons (Fsp3) is 0.909. The summed E-state index contributed by atoms with van der Waals surface area (Å²) in [5, 5.41) is 3.28. The first-order valence-electron chi connectivity index (χ1n) is 5.60. The molecule has 88 valence electrons. The van der Waals surface area contributed by atoms with Crippen LogP contribution in [0, 0.1) is 5.92 Å². The number of ether oxygens (including phenoxy) is 1. The molecule has 1 rings (SSSR count). The molecule has 0 spiro atoms. The Morgan fingerprint density at radius 1 is 1.67 bits per heavy atom. The van der Waals surface area contributed by atoms with Crippen LogP contribution in [0.15, 0.2) is 0 Å². The zero-order valence-corrected chi connectivity index (χ0v) is 9.95. The van der Waals surface area contributed by atoms with E-state index in [1.807, 2.05) is 14.0 Å². The molecule has 1 amide bonds. The van der Waals surface area contributed by atoms with Gasteiger partial charge >= 0.3 is 0 Å². The lowest BCUT2D eigenvalue weighted by atomic mass is 10.0. The standard InChI is InChI=1S/C11H22N2O2/c1-9(8-15-3)13(2)11(14)6-10-4-5-12-7-10/h9-10,12H,4-8H2,1-3H3. The maximum atomic E-state index is 11.9. The Hall–Kier alpha value is -0.610. The smallest absolute Gasteiger partial charge is 0.222 e. The number of carbonyl (C=O) groups is 1. The third-order valence-corrected chi connectivity index (χ3v) is 3.09. The van der Waals surface area contributed by atoms with Crippen LogP contribution in [-0.4, -0.2) is 50.7 Å². The minimum absolute atomic E-state index is 0.164. The zero-order valence-electron chi connectivity index (χ0n) is 9.95. The monoisotopic (exact) mass is 214 g/mol. The number of nitrogens with zero attached hydrogens (tertiary/aromatic N) is 1. The van der Waals surface area contributed by atoms with E-state index in [4.69, 9.17) is 4.74 Å². The zero-order chi connectivity index (χ0) is 11.3. The molecule has 4 nitrogen and oxygen atoms in total. The highest BCUT2D eigenvalue weighted by Crippen LogP contribution is 2.14. The van der Waals surface area contributed by atoms with Gasteiger partial charge in [0.2, 0.25) is 5.91 Å². The third-order valence-electron chi connectivity index (χ3n) is 3.09. The highest BCUT2D eigenvalue weighted by Gasteiger charge is 2.22. The van der Waals surface area contributed by atoms with Crippen LogP contribution in [0.5, 0.6) is 0 Å². The lowest BCUT2D eigenvalue weighted by Gasteiger charge is -2.25. The fourth-order valence-corrected chi connectivity index (χ4v) is 1.88. The van der Waals surface area contributed by atoms with Gasteiger partial charge in [-0.3, -0.25) is 4.79 Å². The minimum Gasteiger partial charge on any atom is -0.383 e. The Balaban J connectivity index is 2.31. The first-order valence-corrected chi connectivity index (χ1v) is 5.60. The lowest BCUT2D eigenvalue weighted by molar-refractivity contribution is -0.133. The number of hydrogen-bond acceptors (Lipinski definition) is 3. The van der Waals surface area contributed by atoms with Gasteiger partial charge in [0.15, 0.2) is 0 Å². The molecule has 4 heteroatoms. The van der Waals surface area contributed by atoms with E-state index < -0.39 is 0 Å². The van der Waals surface area contributed by atoms with Crippen LogP contribution in [-0.2, 0) is 9.53 Å². The number of carbonyl (C=O) groups excluding carboxylic acids is 1. The van der Waals surface area contributed by atoms with E-state index in [0.717, 1.165) is 19.5 Å². The van der Waals surface area contributed by atoms with Crippen LogP contribution in [0.3, 0.4) is 0 Å². The van der Waals surface area contributed by atoms with Gasteiger partial charge in [-0.2, -0.15) is 0 Å². The summed E-state index contributed by atoms with van der Waals surface area (Å²) in [6.07, 6.45) is 1.79. The maximum Gasteiger partial charge on any atom is 0.222 e. The van der Waals surface area contributed by atoms with Crippen molar-refractivity contribution in [2.45, 2.75) is 25.8 Å². The van der Waals surface area contributed by atoms with E-state index in [9.17, 15) is 4.79 Å². The molecular formula is C11H22N2O2. The number of amides is 1. The molecule has 15 heavy (non-hydrogen) atoms. The molecule has 0 aromatic rings. The first-order chi connectivity index (χ1) is 7.15. The van der Waals surface area contributed by atoms with Crippen molar-refractivity contribution < 1.29 is 9.53 Å². The SMILES string of the molecule is COCC(C)N(C)C(=O)CC1CCNC1. The van der Waals surface area contributed by atoms with Crippen molar-refractivity contribution in [3.8, 4) is 0 Å². The molecule has 0 aromatic heterocycles. The molecule has 1 aliphatic heterocycles. The van der Waals surface area contributed by atoms with Crippen LogP contribution in [0.2, 0.25) is 0 Å². The van der Waals surface area contributed by atoms with Gasteiger partial charge in [-0.25, -0.2) is 0 Å². The second-order valence-electron chi connectivity index (χ2n) is 4.37. The Kier molecular flexibility index (Phi) is 5.05. The highest BCUT2D eigenvalue weighted by molar-refractivity contribution is 5.76. The van der Waals surface area contributed by atoms with Crippen LogP contribution < -0.4 is 5.32 Å². The van der Waals surface area contributed by atoms with Gasteiger partial charge < -0.3 is 15.0 Å². The van der Waals surface area contributed by atoms with Gasteiger partial charge in [-0.05, 0) is 32.4 Å². The average molecular weight is 214 g/mol. The lowest BCUT2D eigenvalue weighted by Crippen LogP contribution is -2.38. The van der Waals surface area contributed by atoms with Crippen molar-refractivity contribution >= 4 is 5.91 Å². The fourth-order valence-electron chi connectivity index (χ4n) is 1.88. The number of rotatable bonds is 5. The quantitative estimate of drug-likeness (QED) is 0.724. The molecule has 2 atom stereocenters. The Morgan fingerprint density at radius 2 is 2.40 bits per heavy atom. The number of hydrogen-bond donors (Lipinski definition) is 1. The van der Waals surface area contributed by atoms with Gasteiger partial charge in [0.25, 0.3) is 0 Å². The van der Waals surface area contributed by atoms with Crippen LogP contribution in [0.1, 0.15) is 19.8 Å². The summed E-state index contributed by atoms with van der Waals surface area (Å²) >= 11 is 0. The van der Waals surface area contributed by atoms with Gasteiger partial charge in [0.05, 0.1) is 12.6 Å². The molecule has 0 aliphatic carbocycles. The number of nitrogens with one attached hydrogen (secondary N) is 1. The number of likely N-dealkylation sites (N-methyl/N-ethyl adjacent to an activating group) is 1. The van der Waals surface area contributed by atoms with E-state index in [2.05, 4.69) is 5.32 Å². The van der Waals surface area contributed by atoms with E-state index in [1.54, 1.807) is 12.0 Å². The molecule has 1 saturated heterocycles. The van der Waals surface area contributed by atoms with Crippen molar-refractivity contribution in [1.29, 1.82) is 0 Å². The molecule has 1 fully saturated rings. The van der Waals surface area contributed by atoms with Gasteiger partial charge in [-0.1, -0.05) is 0 Å². The van der Waals surface area contributed by atoms with Crippen molar-refractivity contribution in [3.05, 3.63) is 0 Å². The molecule has 1 aliphatic rings. The Labute approximate surface area is 92.0 Å². The van der Waals surface area contributed by atoms with Crippen molar-refractivity contribution in [1.82, 2.24) is 10.2 Å². The van der Waals surface area contributed by atoms with E-state index in [1.165, 1.54) is 0 Å². The largest absolute Gasteiger partial charge is 0.383 e. The molecular weight excluding hydrogens is 192 g/mol. The topological polar surface area (TPSA) is 41.6 Å². The predicted molar refractivity (Wildman–Crippen MR) is 59.7 cm³/mol. The summed E-state index contributed by atoms with van der Waals surface area (Å²) < 4.78 is 5.04. The van der Waals surface area contributed by atoms with Crippen LogP contribution >= 0.6 is 0 Å². The van der Waals surface area contributed by atoms with Gasteiger partial charge in [0, 0.05) is 20.6 Å². The summed E-state index contributed by atoms with van der Waals surface area (Å²) in [7, 11) is 3.52. The molecule has 1 heterocycles. The highest BCUT2D eigenvalue weighted by atomic mass is 16.5. The molecule has 0 radical (unpaired) electrons. The summed E-state index contributed by atoms with van der Waals surface area (Å²) in [6, 6.07) is 0.164. The van der Waals surface area contributed by atoms with Crippen LogP contribution in [0.4, 0.5) is 0 Å². The summed E-state index contributed by atoms with van der Waals surface area (Å²) in [5.74, 6) is 0.753. The predicted octanol–water partition coefficient (Wildman–Crippen LogP) is 0.479. The summed E-state index contributed by atoms with van der Waals surface area (Å²) in [4.78, 5) is 13.7. The maximum absolute atomic E-state index is 11.9. The number of methoxy groups -OCH3 is 1. The summed E-state index contributed by atoms with van der Waals surface area (Å²) in [6.45, 7) is 4.65. The summed E-state index contributed by atoms with van der Waals surface area (Å²) in [5.41, 5.74) is 0. The second-order valence-corrected chi connectivity index (χ2v) is 4.37. The Bertz CT molecular complexity index is 203. The van der Waals surface area contributed by atoms with Crippen molar-refractivity contribution in [3.63, 3.8) is 0 Å². The second kappa shape index (κ2) is 6.08. The molecule has 1 N–H and O–H groups in total. The average Bonchev–Trinajstić information content (AvgIpc) is 2.69. The van der Waals surface area contributed by atoms with E-state index in [0.29, 0.717) is 18.9 Å². The van der Waals surface area contributed by atoms with E-state index >= 15 is 0 Å². The molecule has 0 aromatic carbocycles. The van der Waals surface area contributed by atoms with Crippen molar-refractivity contribution in [2.24, 2.45) is 5.92 Å². The van der Waals surface area contributed by atoms with Crippen LogP contribution in [0.25, 0.3) is 0 Å². The normalized spacial score (nSPS) is 22.7. The first kappa shape index (κ1) is 12.5. The third kappa shape index (κ3) is 3.80. The van der Waals surface area contributed by atoms with Gasteiger partial charge in [0.1, 0.15) is 0 Å². The Morgan fingerprint density at radius 3 is 2.93 bits per heavy atom. The van der Waals surface area contributed by atoms with Crippen molar-refractivity contribution in [2.75, 3.05) is 33.9 Å².